The fraction of sp³-hybridized carbons (Fsp3) is 0.304. The number of anilines is 1. The number of nitrogens with one attached hydrogen (secondary N) is 1. The average molecular weight is 378 g/mol. The van der Waals surface area contributed by atoms with Crippen LogP contribution in [0.3, 0.4) is 0 Å². The predicted octanol–water partition coefficient (Wildman–Crippen LogP) is 4.95. The number of hydrogen-bond acceptors (Lipinski definition) is 4. The fourth-order valence-corrected chi connectivity index (χ4v) is 3.03. The van der Waals surface area contributed by atoms with Gasteiger partial charge in [0.05, 0.1) is 13.2 Å². The summed E-state index contributed by atoms with van der Waals surface area (Å²) < 4.78 is 11.2. The second-order valence-corrected chi connectivity index (χ2v) is 6.47. The Labute approximate surface area is 166 Å². The minimum absolute atomic E-state index is 0.0194. The number of ether oxygens (including phenoxy) is 2. The molecule has 0 atom stereocenters. The van der Waals surface area contributed by atoms with Gasteiger partial charge in [-0.3, -0.25) is 4.79 Å². The fourth-order valence-electron chi connectivity index (χ4n) is 3.03. The summed E-state index contributed by atoms with van der Waals surface area (Å²) in [5.74, 6) is 0.779. The monoisotopic (exact) mass is 378 g/mol. The van der Waals surface area contributed by atoms with Crippen molar-refractivity contribution in [2.45, 2.75) is 34.6 Å². The molecule has 1 amide bonds. The summed E-state index contributed by atoms with van der Waals surface area (Å²) in [6.45, 7) is 10.7. The van der Waals surface area contributed by atoms with Gasteiger partial charge in [0.15, 0.2) is 11.5 Å². The Bertz CT molecular complexity index is 916. The first-order valence-corrected chi connectivity index (χ1v) is 9.30. The highest BCUT2D eigenvalue weighted by molar-refractivity contribution is 6.10. The van der Waals surface area contributed by atoms with Crippen LogP contribution in [0.4, 0.5) is 5.69 Å². The van der Waals surface area contributed by atoms with Gasteiger partial charge < -0.3 is 14.8 Å². The van der Waals surface area contributed by atoms with Crippen molar-refractivity contribution in [2.75, 3.05) is 18.5 Å². The zero-order chi connectivity index (χ0) is 20.7. The van der Waals surface area contributed by atoms with Crippen LogP contribution in [0.15, 0.2) is 35.9 Å². The third-order valence-corrected chi connectivity index (χ3v) is 4.16. The van der Waals surface area contributed by atoms with Crippen LogP contribution in [0, 0.1) is 32.1 Å². The Balaban J connectivity index is 2.32. The molecule has 0 saturated carbocycles. The maximum atomic E-state index is 12.7. The second kappa shape index (κ2) is 9.61. The zero-order valence-corrected chi connectivity index (χ0v) is 17.1. The van der Waals surface area contributed by atoms with Crippen molar-refractivity contribution >= 4 is 17.7 Å². The third kappa shape index (κ3) is 5.14. The number of nitrogens with zero attached hydrogens (tertiary/aromatic N) is 1. The molecular formula is C23H26N2O3. The summed E-state index contributed by atoms with van der Waals surface area (Å²) >= 11 is 0. The largest absolute Gasteiger partial charge is 0.490 e. The van der Waals surface area contributed by atoms with E-state index in [1.807, 2.05) is 52.8 Å². The van der Waals surface area contributed by atoms with E-state index < -0.39 is 5.91 Å². The molecule has 2 rings (SSSR count). The van der Waals surface area contributed by atoms with Crippen LogP contribution >= 0.6 is 0 Å². The Morgan fingerprint density at radius 2 is 1.64 bits per heavy atom. The topological polar surface area (TPSA) is 71.3 Å². The van der Waals surface area contributed by atoms with Gasteiger partial charge in [-0.1, -0.05) is 23.8 Å². The predicted molar refractivity (Wildman–Crippen MR) is 112 cm³/mol. The molecule has 5 nitrogen and oxygen atoms in total. The van der Waals surface area contributed by atoms with Crippen LogP contribution in [-0.4, -0.2) is 19.1 Å². The maximum absolute atomic E-state index is 12.7. The number of carbonyl (C=O) groups excluding carboxylic acids is 1. The van der Waals surface area contributed by atoms with E-state index in [0.29, 0.717) is 30.3 Å². The first-order valence-electron chi connectivity index (χ1n) is 9.30. The molecule has 0 aromatic heterocycles. The molecule has 0 aliphatic rings. The van der Waals surface area contributed by atoms with E-state index in [1.54, 1.807) is 24.3 Å². The molecule has 5 heteroatoms. The van der Waals surface area contributed by atoms with Crippen LogP contribution in [-0.2, 0) is 4.79 Å². The van der Waals surface area contributed by atoms with Gasteiger partial charge in [0.25, 0.3) is 5.91 Å². The molecule has 1 N–H and O–H groups in total. The lowest BCUT2D eigenvalue weighted by atomic mass is 10.0. The number of benzene rings is 2. The molecule has 146 valence electrons. The normalized spacial score (nSPS) is 10.9. The van der Waals surface area contributed by atoms with Crippen LogP contribution in [0.2, 0.25) is 0 Å². The number of aryl methyl sites for hydroxylation is 3. The van der Waals surface area contributed by atoms with Gasteiger partial charge >= 0.3 is 0 Å². The Hall–Kier alpha value is -3.26. The molecular weight excluding hydrogens is 352 g/mol. The number of hydrogen-bond donors (Lipinski definition) is 1. The van der Waals surface area contributed by atoms with E-state index in [2.05, 4.69) is 5.32 Å². The van der Waals surface area contributed by atoms with Crippen molar-refractivity contribution in [3.63, 3.8) is 0 Å². The summed E-state index contributed by atoms with van der Waals surface area (Å²) in [5, 5.41) is 12.4. The lowest BCUT2D eigenvalue weighted by molar-refractivity contribution is -0.112. The molecule has 2 aromatic carbocycles. The molecule has 0 unspecified atom stereocenters. The van der Waals surface area contributed by atoms with Crippen molar-refractivity contribution in [3.8, 4) is 17.6 Å². The maximum Gasteiger partial charge on any atom is 0.266 e. The molecule has 0 saturated heterocycles. The minimum Gasteiger partial charge on any atom is -0.490 e. The standard InChI is InChI=1S/C23H26N2O3/c1-6-27-20-9-8-18(13-21(20)28-7-2)12-19(14-24)23(26)25-22-16(4)10-15(3)11-17(22)5/h8-13H,6-7H2,1-5H3,(H,25,26). The molecule has 0 radical (unpaired) electrons. The first kappa shape index (κ1) is 21.0. The molecule has 0 aliphatic heterocycles. The average Bonchev–Trinajstić information content (AvgIpc) is 2.64. The highest BCUT2D eigenvalue weighted by Crippen LogP contribution is 2.29. The van der Waals surface area contributed by atoms with Crippen molar-refractivity contribution in [1.82, 2.24) is 0 Å². The van der Waals surface area contributed by atoms with Crippen molar-refractivity contribution in [1.29, 1.82) is 5.26 Å². The molecule has 0 heterocycles. The van der Waals surface area contributed by atoms with E-state index >= 15 is 0 Å². The first-order chi connectivity index (χ1) is 13.4. The quantitative estimate of drug-likeness (QED) is 0.546. The summed E-state index contributed by atoms with van der Waals surface area (Å²) in [6, 6.07) is 11.3. The molecule has 2 aromatic rings. The van der Waals surface area contributed by atoms with Gasteiger partial charge in [0.1, 0.15) is 11.6 Å². The second-order valence-electron chi connectivity index (χ2n) is 6.47. The Morgan fingerprint density at radius 1 is 1.04 bits per heavy atom. The van der Waals surface area contributed by atoms with Gasteiger partial charge in [-0.05, 0) is 69.5 Å². The highest BCUT2D eigenvalue weighted by atomic mass is 16.5. The van der Waals surface area contributed by atoms with Crippen LogP contribution in [0.25, 0.3) is 6.08 Å². The number of carbonyl (C=O) groups is 1. The van der Waals surface area contributed by atoms with E-state index in [-0.39, 0.29) is 5.57 Å². The molecule has 0 spiro atoms. The van der Waals surface area contributed by atoms with E-state index in [0.717, 1.165) is 22.4 Å². The van der Waals surface area contributed by atoms with Crippen molar-refractivity contribution < 1.29 is 14.3 Å². The molecule has 0 bridgehead atoms. The van der Waals surface area contributed by atoms with Gasteiger partial charge in [-0.15, -0.1) is 0 Å². The number of rotatable bonds is 7. The van der Waals surface area contributed by atoms with Crippen LogP contribution < -0.4 is 14.8 Å². The number of amides is 1. The molecule has 0 aliphatic carbocycles. The highest BCUT2D eigenvalue weighted by Gasteiger charge is 2.14. The molecule has 28 heavy (non-hydrogen) atoms. The smallest absolute Gasteiger partial charge is 0.266 e. The SMILES string of the molecule is CCOc1ccc(C=C(C#N)C(=O)Nc2c(C)cc(C)cc2C)cc1OCC. The summed E-state index contributed by atoms with van der Waals surface area (Å²) in [4.78, 5) is 12.7. The van der Waals surface area contributed by atoms with Crippen LogP contribution in [0.5, 0.6) is 11.5 Å². The van der Waals surface area contributed by atoms with E-state index in [4.69, 9.17) is 9.47 Å². The summed E-state index contributed by atoms with van der Waals surface area (Å²) in [6.07, 6.45) is 1.55. The molecule has 0 fully saturated rings. The van der Waals surface area contributed by atoms with Gasteiger partial charge in [0.2, 0.25) is 0 Å². The lowest BCUT2D eigenvalue weighted by Gasteiger charge is -2.13. The minimum atomic E-state index is -0.440. The van der Waals surface area contributed by atoms with Crippen molar-refractivity contribution in [2.24, 2.45) is 0 Å². The van der Waals surface area contributed by atoms with Crippen LogP contribution in [0.1, 0.15) is 36.1 Å². The Morgan fingerprint density at radius 3 is 2.21 bits per heavy atom. The summed E-state index contributed by atoms with van der Waals surface area (Å²) in [7, 11) is 0. The van der Waals surface area contributed by atoms with Gasteiger partial charge in [0, 0.05) is 5.69 Å². The number of nitriles is 1. The van der Waals surface area contributed by atoms with Gasteiger partial charge in [-0.25, -0.2) is 0 Å². The third-order valence-electron chi connectivity index (χ3n) is 4.16. The Kier molecular flexibility index (Phi) is 7.22. The lowest BCUT2D eigenvalue weighted by Crippen LogP contribution is -2.15. The van der Waals surface area contributed by atoms with Gasteiger partial charge in [-0.2, -0.15) is 5.26 Å². The van der Waals surface area contributed by atoms with E-state index in [9.17, 15) is 10.1 Å². The zero-order valence-electron chi connectivity index (χ0n) is 17.1. The van der Waals surface area contributed by atoms with E-state index in [1.165, 1.54) is 0 Å². The summed E-state index contributed by atoms with van der Waals surface area (Å²) in [5.41, 5.74) is 4.49. The van der Waals surface area contributed by atoms with Crippen molar-refractivity contribution in [3.05, 3.63) is 58.2 Å².